The molecule has 1 atom stereocenters. The molecule has 0 spiro atoms. The van der Waals surface area contributed by atoms with Crippen molar-refractivity contribution in [3.63, 3.8) is 0 Å². The Bertz CT molecular complexity index is 499. The van der Waals surface area contributed by atoms with Crippen LogP contribution in [0, 0.1) is 0 Å². The number of esters is 1. The first kappa shape index (κ1) is 17.2. The molecule has 1 aromatic rings. The minimum absolute atomic E-state index is 0.0271. The lowest BCUT2D eigenvalue weighted by Gasteiger charge is -2.08. The van der Waals surface area contributed by atoms with Gasteiger partial charge in [-0.2, -0.15) is 0 Å². The molecule has 4 nitrogen and oxygen atoms in total. The quantitative estimate of drug-likeness (QED) is 0.460. The lowest BCUT2D eigenvalue weighted by Crippen LogP contribution is -2.11. The maximum absolute atomic E-state index is 11.9. The second kappa shape index (κ2) is 9.10. The van der Waals surface area contributed by atoms with Crippen LogP contribution < -0.4 is 5.32 Å². The van der Waals surface area contributed by atoms with E-state index in [1.165, 1.54) is 25.7 Å². The Labute approximate surface area is 139 Å². The van der Waals surface area contributed by atoms with Crippen molar-refractivity contribution in [3.8, 4) is 0 Å². The van der Waals surface area contributed by atoms with Gasteiger partial charge in [0.25, 0.3) is 0 Å². The molecule has 1 aliphatic heterocycles. The van der Waals surface area contributed by atoms with Crippen LogP contribution in [0.25, 0.3) is 0 Å². The van der Waals surface area contributed by atoms with Crippen molar-refractivity contribution >= 4 is 39.2 Å². The summed E-state index contributed by atoms with van der Waals surface area (Å²) in [5, 5.41) is 3.63. The number of carbonyl (C=O) groups is 2. The summed E-state index contributed by atoms with van der Waals surface area (Å²) in [4.78, 5) is 23.2. The van der Waals surface area contributed by atoms with E-state index in [1.54, 1.807) is 24.3 Å². The Kier molecular flexibility index (Phi) is 7.12. The van der Waals surface area contributed by atoms with E-state index in [9.17, 15) is 9.59 Å². The number of nitrogens with one attached hydrogen (secondary N) is 1. The van der Waals surface area contributed by atoms with Crippen LogP contribution in [-0.4, -0.2) is 30.0 Å². The first-order valence-corrected chi connectivity index (χ1v) is 9.84. The Morgan fingerprint density at radius 3 is 2.68 bits per heavy atom. The second-order valence-electron chi connectivity index (χ2n) is 5.19. The molecule has 1 unspecified atom stereocenters. The topological polar surface area (TPSA) is 55.4 Å². The highest BCUT2D eigenvalue weighted by molar-refractivity contribution is 8.77. The minimum atomic E-state index is -0.374. The molecule has 0 radical (unpaired) electrons. The predicted molar refractivity (Wildman–Crippen MR) is 93.3 cm³/mol. The Morgan fingerprint density at radius 1 is 1.27 bits per heavy atom. The Morgan fingerprint density at radius 2 is 2.05 bits per heavy atom. The fourth-order valence-electron chi connectivity index (χ4n) is 2.25. The van der Waals surface area contributed by atoms with Gasteiger partial charge < -0.3 is 10.1 Å². The van der Waals surface area contributed by atoms with Crippen molar-refractivity contribution in [1.82, 2.24) is 0 Å². The number of hydrogen-bond donors (Lipinski definition) is 1. The fourth-order valence-corrected chi connectivity index (χ4v) is 5.28. The van der Waals surface area contributed by atoms with Crippen LogP contribution in [0.5, 0.6) is 0 Å². The molecular formula is C16H21NO3S2. The zero-order valence-corrected chi connectivity index (χ0v) is 14.3. The zero-order chi connectivity index (χ0) is 15.8. The summed E-state index contributed by atoms with van der Waals surface area (Å²) < 4.78 is 4.64. The van der Waals surface area contributed by atoms with E-state index in [-0.39, 0.29) is 11.9 Å². The highest BCUT2D eigenvalue weighted by Crippen LogP contribution is 2.39. The summed E-state index contributed by atoms with van der Waals surface area (Å²) in [6, 6.07) is 6.74. The van der Waals surface area contributed by atoms with Gasteiger partial charge in [-0.3, -0.25) is 4.79 Å². The van der Waals surface area contributed by atoms with Crippen molar-refractivity contribution < 1.29 is 14.3 Å². The molecule has 0 aromatic heterocycles. The Balaban J connectivity index is 1.66. The molecule has 0 bridgehead atoms. The third-order valence-electron chi connectivity index (χ3n) is 3.50. The van der Waals surface area contributed by atoms with Crippen molar-refractivity contribution in [2.24, 2.45) is 0 Å². The van der Waals surface area contributed by atoms with E-state index in [0.29, 0.717) is 17.7 Å². The third-order valence-corrected chi connectivity index (χ3v) is 6.50. The van der Waals surface area contributed by atoms with Gasteiger partial charge in [-0.25, -0.2) is 4.79 Å². The molecule has 2 rings (SSSR count). The Hall–Kier alpha value is -1.14. The van der Waals surface area contributed by atoms with Gasteiger partial charge in [0.15, 0.2) is 0 Å². The summed E-state index contributed by atoms with van der Waals surface area (Å²) >= 11 is 0. The highest BCUT2D eigenvalue weighted by Gasteiger charge is 2.15. The van der Waals surface area contributed by atoms with Crippen LogP contribution in [0.1, 0.15) is 42.5 Å². The predicted octanol–water partition coefficient (Wildman–Crippen LogP) is 4.13. The number of methoxy groups -OCH3 is 1. The largest absolute Gasteiger partial charge is 0.465 e. The van der Waals surface area contributed by atoms with Gasteiger partial charge in [0, 0.05) is 23.1 Å². The maximum Gasteiger partial charge on any atom is 0.337 e. The van der Waals surface area contributed by atoms with Gasteiger partial charge in [0.2, 0.25) is 5.91 Å². The summed E-state index contributed by atoms with van der Waals surface area (Å²) in [5.41, 5.74) is 1.19. The van der Waals surface area contributed by atoms with Crippen LogP contribution in [-0.2, 0) is 9.53 Å². The fraction of sp³-hybridized carbons (Fsp3) is 0.500. The first-order valence-electron chi connectivity index (χ1n) is 7.45. The molecule has 1 saturated heterocycles. The third kappa shape index (κ3) is 5.57. The van der Waals surface area contributed by atoms with Gasteiger partial charge in [-0.15, -0.1) is 0 Å². The molecule has 1 aliphatic rings. The van der Waals surface area contributed by atoms with Crippen LogP contribution in [0.15, 0.2) is 24.3 Å². The second-order valence-corrected chi connectivity index (χ2v) is 7.98. The maximum atomic E-state index is 11.9. The van der Waals surface area contributed by atoms with Crippen molar-refractivity contribution in [1.29, 1.82) is 0 Å². The van der Waals surface area contributed by atoms with Gasteiger partial charge >= 0.3 is 5.97 Å². The molecule has 22 heavy (non-hydrogen) atoms. The number of carbonyl (C=O) groups excluding carboxylic acids is 2. The molecule has 0 saturated carbocycles. The number of ether oxygens (including phenoxy) is 1. The van der Waals surface area contributed by atoms with E-state index in [2.05, 4.69) is 10.1 Å². The lowest BCUT2D eigenvalue weighted by molar-refractivity contribution is -0.116. The van der Waals surface area contributed by atoms with E-state index >= 15 is 0 Å². The monoisotopic (exact) mass is 339 g/mol. The lowest BCUT2D eigenvalue weighted by atomic mass is 10.1. The molecule has 0 aliphatic carbocycles. The number of amides is 1. The van der Waals surface area contributed by atoms with Gasteiger partial charge in [0.1, 0.15) is 0 Å². The van der Waals surface area contributed by atoms with Crippen molar-refractivity contribution in [2.75, 3.05) is 18.2 Å². The average Bonchev–Trinajstić information content (AvgIpc) is 3.05. The number of unbranched alkanes of at least 4 members (excludes halogenated alkanes) is 1. The smallest absolute Gasteiger partial charge is 0.337 e. The molecule has 1 amide bonds. The number of rotatable bonds is 7. The molecule has 1 N–H and O–H groups in total. The molecule has 1 fully saturated rings. The first-order chi connectivity index (χ1) is 10.7. The van der Waals surface area contributed by atoms with Crippen LogP contribution >= 0.6 is 21.6 Å². The molecular weight excluding hydrogens is 318 g/mol. The number of benzene rings is 1. The van der Waals surface area contributed by atoms with E-state index in [4.69, 9.17) is 0 Å². The van der Waals surface area contributed by atoms with E-state index in [1.807, 2.05) is 21.6 Å². The molecule has 120 valence electrons. The normalized spacial score (nSPS) is 17.2. The van der Waals surface area contributed by atoms with Crippen LogP contribution in [0.3, 0.4) is 0 Å². The molecule has 1 aromatic carbocycles. The van der Waals surface area contributed by atoms with Gasteiger partial charge in [0.05, 0.1) is 12.7 Å². The minimum Gasteiger partial charge on any atom is -0.465 e. The van der Waals surface area contributed by atoms with Crippen molar-refractivity contribution in [2.45, 2.75) is 37.4 Å². The van der Waals surface area contributed by atoms with Gasteiger partial charge in [-0.1, -0.05) is 28.0 Å². The molecule has 6 heteroatoms. The van der Waals surface area contributed by atoms with E-state index in [0.717, 1.165) is 18.1 Å². The summed E-state index contributed by atoms with van der Waals surface area (Å²) in [6.45, 7) is 0. The average molecular weight is 339 g/mol. The highest BCUT2D eigenvalue weighted by atomic mass is 33.1. The van der Waals surface area contributed by atoms with Crippen molar-refractivity contribution in [3.05, 3.63) is 29.8 Å². The standard InChI is InChI=1S/C16H21NO3S2/c1-20-16(19)12-6-8-13(9-7-12)17-15(18)5-3-2-4-14-10-11-21-22-14/h6-9,14H,2-5,10-11H2,1H3,(H,17,18). The van der Waals surface area contributed by atoms with Crippen LogP contribution in [0.4, 0.5) is 5.69 Å². The van der Waals surface area contributed by atoms with E-state index < -0.39 is 0 Å². The van der Waals surface area contributed by atoms with Crippen LogP contribution in [0.2, 0.25) is 0 Å². The summed E-state index contributed by atoms with van der Waals surface area (Å²) in [6.07, 6.45) is 5.08. The zero-order valence-electron chi connectivity index (χ0n) is 12.7. The summed E-state index contributed by atoms with van der Waals surface area (Å²) in [7, 11) is 5.29. The number of hydrogen-bond acceptors (Lipinski definition) is 5. The number of anilines is 1. The molecule has 1 heterocycles. The SMILES string of the molecule is COC(=O)c1ccc(NC(=O)CCCCC2CCSS2)cc1. The summed E-state index contributed by atoms with van der Waals surface area (Å²) in [5.74, 6) is 0.914. The van der Waals surface area contributed by atoms with Gasteiger partial charge in [-0.05, 0) is 43.5 Å².